The molecule has 2 heterocycles. The number of hydrogen-bond acceptors (Lipinski definition) is 4. The van der Waals surface area contributed by atoms with E-state index >= 15 is 0 Å². The van der Waals surface area contributed by atoms with Gasteiger partial charge in [-0.1, -0.05) is 30.5 Å². The number of nitrogens with zero attached hydrogens (tertiary/aromatic N) is 1. The van der Waals surface area contributed by atoms with Crippen molar-refractivity contribution in [2.75, 3.05) is 11.9 Å². The largest absolute Gasteiger partial charge is 0.573 e. The summed E-state index contributed by atoms with van der Waals surface area (Å²) in [6, 6.07) is 8.73. The lowest BCUT2D eigenvalue weighted by atomic mass is 9.80. The first-order chi connectivity index (χ1) is 17.4. The van der Waals surface area contributed by atoms with Gasteiger partial charge in [0.25, 0.3) is 5.91 Å². The molecular weight excluding hydrogens is 511 g/mol. The van der Waals surface area contributed by atoms with Gasteiger partial charge < -0.3 is 20.3 Å². The van der Waals surface area contributed by atoms with Crippen molar-refractivity contribution in [3.8, 4) is 5.75 Å². The highest BCUT2D eigenvalue weighted by Crippen LogP contribution is 2.47. The Morgan fingerprint density at radius 1 is 1.24 bits per heavy atom. The fraction of sp³-hybridized carbons (Fsp3) is 0.423. The molecule has 0 radical (unpaired) electrons. The highest BCUT2D eigenvalue weighted by Gasteiger charge is 2.55. The van der Waals surface area contributed by atoms with Crippen molar-refractivity contribution in [2.45, 2.75) is 56.5 Å². The lowest BCUT2D eigenvalue weighted by molar-refractivity contribution is -0.274. The van der Waals surface area contributed by atoms with Crippen molar-refractivity contribution >= 4 is 35.0 Å². The summed E-state index contributed by atoms with van der Waals surface area (Å²) in [7, 11) is 0. The minimum absolute atomic E-state index is 0.0555. The van der Waals surface area contributed by atoms with Crippen molar-refractivity contribution in [1.29, 1.82) is 0 Å². The first-order valence-electron chi connectivity index (χ1n) is 12.0. The second-order valence-electron chi connectivity index (χ2n) is 10.0. The number of fused-ring (bicyclic) bond motifs is 2. The number of alkyl halides is 3. The average Bonchev–Trinajstić information content (AvgIpc) is 3.52. The number of ether oxygens (including phenoxy) is 1. The molecule has 2 aromatic carbocycles. The fourth-order valence-corrected chi connectivity index (χ4v) is 5.52. The average molecular weight is 536 g/mol. The standard InChI is InChI=1S/C26H25ClF3N3O4/c1-14-12-25(19-11-17(27)7-8-20(19)32-24(25)36)13-33(14)23(35)21(9-15-5-6-15)31-22(34)16-3-2-4-18(10-16)37-26(28,29)30/h2-4,7-8,10-11,14-15,21H,5-6,9,12-13H2,1H3,(H,31,34)(H,32,36)/t14-,21+,25+/m1/s1. The number of nitrogens with one attached hydrogen (secondary N) is 2. The van der Waals surface area contributed by atoms with Crippen LogP contribution in [0.1, 0.15) is 48.5 Å². The number of anilines is 1. The molecule has 7 nitrogen and oxygen atoms in total. The van der Waals surface area contributed by atoms with Crippen LogP contribution in [0.5, 0.6) is 5.75 Å². The molecule has 1 spiro atoms. The second-order valence-corrected chi connectivity index (χ2v) is 10.5. The van der Waals surface area contributed by atoms with Gasteiger partial charge in [-0.25, -0.2) is 0 Å². The van der Waals surface area contributed by atoms with Gasteiger partial charge >= 0.3 is 6.36 Å². The SMILES string of the molecule is C[C@@H]1C[C@@]2(CN1C(=O)[C@H](CC1CC1)NC(=O)c1cccc(OC(F)(F)F)c1)C(=O)Nc1ccc(Cl)cc12. The van der Waals surface area contributed by atoms with Gasteiger partial charge in [-0.2, -0.15) is 0 Å². The zero-order valence-electron chi connectivity index (χ0n) is 19.9. The summed E-state index contributed by atoms with van der Waals surface area (Å²) < 4.78 is 41.7. The molecule has 2 aromatic rings. The maximum Gasteiger partial charge on any atom is 0.573 e. The van der Waals surface area contributed by atoms with E-state index < -0.39 is 29.5 Å². The molecule has 3 atom stereocenters. The van der Waals surface area contributed by atoms with Crippen molar-refractivity contribution in [2.24, 2.45) is 5.92 Å². The summed E-state index contributed by atoms with van der Waals surface area (Å²) in [5.41, 5.74) is 0.420. The second kappa shape index (κ2) is 9.24. The quantitative estimate of drug-likeness (QED) is 0.564. The van der Waals surface area contributed by atoms with Crippen LogP contribution in [-0.4, -0.2) is 47.6 Å². The number of likely N-dealkylation sites (tertiary alicyclic amines) is 1. The Hall–Kier alpha value is -3.27. The van der Waals surface area contributed by atoms with Crippen molar-refractivity contribution in [3.63, 3.8) is 0 Å². The van der Waals surface area contributed by atoms with Crippen LogP contribution in [0.4, 0.5) is 18.9 Å². The molecule has 0 bridgehead atoms. The van der Waals surface area contributed by atoms with Crippen molar-refractivity contribution < 1.29 is 32.3 Å². The normalized spacial score (nSPS) is 23.5. The number of benzene rings is 2. The van der Waals surface area contributed by atoms with Gasteiger partial charge in [0, 0.05) is 28.9 Å². The van der Waals surface area contributed by atoms with E-state index in [-0.39, 0.29) is 35.9 Å². The minimum atomic E-state index is -4.89. The molecule has 3 amide bonds. The highest BCUT2D eigenvalue weighted by atomic mass is 35.5. The number of carbonyl (C=O) groups is 3. The smallest absolute Gasteiger partial charge is 0.406 e. The predicted molar refractivity (Wildman–Crippen MR) is 129 cm³/mol. The zero-order valence-corrected chi connectivity index (χ0v) is 20.7. The topological polar surface area (TPSA) is 87.7 Å². The molecule has 37 heavy (non-hydrogen) atoms. The molecule has 0 unspecified atom stereocenters. The third kappa shape index (κ3) is 5.12. The number of carbonyl (C=O) groups excluding carboxylic acids is 3. The Bertz CT molecular complexity index is 1270. The number of halogens is 4. The Labute approximate surface area is 216 Å². The van der Waals surface area contributed by atoms with Gasteiger partial charge in [0.1, 0.15) is 11.8 Å². The summed E-state index contributed by atoms with van der Waals surface area (Å²) in [5.74, 6) is -1.45. The van der Waals surface area contributed by atoms with E-state index in [9.17, 15) is 27.6 Å². The van der Waals surface area contributed by atoms with Crippen molar-refractivity contribution in [1.82, 2.24) is 10.2 Å². The van der Waals surface area contributed by atoms with E-state index in [0.717, 1.165) is 30.5 Å². The summed E-state index contributed by atoms with van der Waals surface area (Å²) in [4.78, 5) is 41.4. The van der Waals surface area contributed by atoms with Crippen LogP contribution in [0.3, 0.4) is 0 Å². The summed E-state index contributed by atoms with van der Waals surface area (Å²) in [6.45, 7) is 1.99. The van der Waals surface area contributed by atoms with E-state index in [1.54, 1.807) is 23.1 Å². The molecule has 0 aromatic heterocycles. The van der Waals surface area contributed by atoms with E-state index in [0.29, 0.717) is 23.6 Å². The Morgan fingerprint density at radius 2 is 2.00 bits per heavy atom. The Balaban J connectivity index is 1.36. The van der Waals surface area contributed by atoms with Gasteiger partial charge in [-0.05, 0) is 67.6 Å². The number of amides is 3. The molecule has 3 aliphatic rings. The zero-order chi connectivity index (χ0) is 26.5. The number of hydrogen-bond donors (Lipinski definition) is 2. The molecule has 1 saturated carbocycles. The highest BCUT2D eigenvalue weighted by molar-refractivity contribution is 6.31. The Kier molecular flexibility index (Phi) is 6.34. The monoisotopic (exact) mass is 535 g/mol. The van der Waals surface area contributed by atoms with Crippen molar-refractivity contribution in [3.05, 3.63) is 58.6 Å². The molecule has 2 N–H and O–H groups in total. The molecule has 2 fully saturated rings. The van der Waals surface area contributed by atoms with Crippen LogP contribution < -0.4 is 15.4 Å². The summed E-state index contributed by atoms with van der Waals surface area (Å²) in [6.07, 6.45) is -2.21. The van der Waals surface area contributed by atoms with Crippen LogP contribution in [0.15, 0.2) is 42.5 Å². The van der Waals surface area contributed by atoms with Gasteiger partial charge in [0.05, 0.1) is 5.41 Å². The fourth-order valence-electron chi connectivity index (χ4n) is 5.35. The maximum atomic E-state index is 13.7. The first kappa shape index (κ1) is 25.4. The van der Waals surface area contributed by atoms with Gasteiger partial charge in [-0.3, -0.25) is 14.4 Å². The molecule has 1 saturated heterocycles. The number of rotatable bonds is 6. The van der Waals surface area contributed by atoms with Gasteiger partial charge in [0.15, 0.2) is 0 Å². The van der Waals surface area contributed by atoms with Crippen LogP contribution >= 0.6 is 11.6 Å². The van der Waals surface area contributed by atoms with E-state index in [2.05, 4.69) is 15.4 Å². The summed E-state index contributed by atoms with van der Waals surface area (Å²) in [5, 5.41) is 6.10. The molecular formula is C26H25ClF3N3O4. The third-order valence-corrected chi connectivity index (χ3v) is 7.51. The van der Waals surface area contributed by atoms with Crippen LogP contribution in [0, 0.1) is 5.92 Å². The van der Waals surface area contributed by atoms with Crippen LogP contribution in [-0.2, 0) is 15.0 Å². The lowest BCUT2D eigenvalue weighted by Crippen LogP contribution is -2.50. The minimum Gasteiger partial charge on any atom is -0.406 e. The van der Waals surface area contributed by atoms with Gasteiger partial charge in [0.2, 0.25) is 11.8 Å². The van der Waals surface area contributed by atoms with E-state index in [1.807, 2.05) is 6.92 Å². The van der Waals surface area contributed by atoms with E-state index in [4.69, 9.17) is 11.6 Å². The van der Waals surface area contributed by atoms with Crippen LogP contribution in [0.25, 0.3) is 0 Å². The molecule has 2 aliphatic heterocycles. The molecule has 196 valence electrons. The maximum absolute atomic E-state index is 13.7. The van der Waals surface area contributed by atoms with E-state index in [1.165, 1.54) is 12.1 Å². The first-order valence-corrected chi connectivity index (χ1v) is 12.4. The Morgan fingerprint density at radius 3 is 2.70 bits per heavy atom. The molecule has 11 heteroatoms. The summed E-state index contributed by atoms with van der Waals surface area (Å²) >= 11 is 6.21. The third-order valence-electron chi connectivity index (χ3n) is 7.28. The molecule has 1 aliphatic carbocycles. The van der Waals surface area contributed by atoms with Gasteiger partial charge in [-0.15, -0.1) is 13.2 Å². The lowest BCUT2D eigenvalue weighted by Gasteiger charge is -2.28. The van der Waals surface area contributed by atoms with Crippen LogP contribution in [0.2, 0.25) is 5.02 Å². The molecule has 5 rings (SSSR count). The predicted octanol–water partition coefficient (Wildman–Crippen LogP) is 4.65.